The van der Waals surface area contributed by atoms with Gasteiger partial charge in [0.15, 0.2) is 6.29 Å². The zero-order chi connectivity index (χ0) is 16.8. The minimum Gasteiger partial charge on any atom is -0.368 e. The summed E-state index contributed by atoms with van der Waals surface area (Å²) in [5.74, 6) is 0.0495. The molecule has 1 aromatic rings. The van der Waals surface area contributed by atoms with Crippen LogP contribution in [-0.2, 0) is 4.79 Å². The summed E-state index contributed by atoms with van der Waals surface area (Å²) in [7, 11) is 0. The fraction of sp³-hybridized carbons (Fsp3) is 0.333. The first kappa shape index (κ1) is 14.6. The Labute approximate surface area is 138 Å². The van der Waals surface area contributed by atoms with Gasteiger partial charge in [-0.2, -0.15) is 0 Å². The summed E-state index contributed by atoms with van der Waals surface area (Å²) in [5.41, 5.74) is 13.1. The average Bonchev–Trinajstić information content (AvgIpc) is 2.98. The van der Waals surface area contributed by atoms with E-state index >= 15 is 0 Å². The molecule has 2 atom stereocenters. The minimum absolute atomic E-state index is 0.181. The molecule has 0 aliphatic carbocycles. The third kappa shape index (κ3) is 2.29. The molecule has 1 fully saturated rings. The number of anilines is 1. The molecule has 1 unspecified atom stereocenters. The van der Waals surface area contributed by atoms with E-state index in [1.807, 2.05) is 12.1 Å². The van der Waals surface area contributed by atoms with Crippen LogP contribution in [0.3, 0.4) is 0 Å². The summed E-state index contributed by atoms with van der Waals surface area (Å²) in [4.78, 5) is 27.7. The number of carbonyl (C=O) groups is 2. The lowest BCUT2D eigenvalue weighted by atomic mass is 10.1. The molecule has 7 N–H and O–H groups in total. The Morgan fingerprint density at radius 1 is 1.21 bits per heavy atom. The van der Waals surface area contributed by atoms with E-state index in [1.54, 1.807) is 12.1 Å². The number of carbonyl (C=O) groups excluding carboxylic acids is 2. The van der Waals surface area contributed by atoms with Crippen molar-refractivity contribution in [3.05, 3.63) is 41.3 Å². The summed E-state index contributed by atoms with van der Waals surface area (Å²) in [5, 5.41) is 8.97. The molecule has 4 rings (SSSR count). The molecular weight excluding hydrogens is 310 g/mol. The number of hydrogen-bond donors (Lipinski definition) is 5. The molecule has 0 bridgehead atoms. The van der Waals surface area contributed by atoms with Crippen LogP contribution in [0.2, 0.25) is 0 Å². The van der Waals surface area contributed by atoms with Crippen molar-refractivity contribution in [3.63, 3.8) is 0 Å². The minimum atomic E-state index is -0.583. The predicted molar refractivity (Wildman–Crippen MR) is 87.1 cm³/mol. The molecule has 2 amide bonds. The SMILES string of the molecule is NC(=O)c1ccc(N2C[C@H]3CNC4=C(C(=O)NC(N)N4)N3C2)cc1. The van der Waals surface area contributed by atoms with Gasteiger partial charge in [-0.05, 0) is 24.3 Å². The molecule has 0 radical (unpaired) electrons. The normalized spacial score (nSPS) is 25.5. The van der Waals surface area contributed by atoms with Gasteiger partial charge in [-0.3, -0.25) is 15.3 Å². The number of nitrogens with one attached hydrogen (secondary N) is 3. The maximum Gasteiger partial charge on any atom is 0.273 e. The van der Waals surface area contributed by atoms with Crippen LogP contribution in [0.5, 0.6) is 0 Å². The highest BCUT2D eigenvalue weighted by Gasteiger charge is 2.41. The molecule has 1 aromatic carbocycles. The third-order valence-electron chi connectivity index (χ3n) is 4.55. The first-order valence-electron chi connectivity index (χ1n) is 7.75. The highest BCUT2D eigenvalue weighted by molar-refractivity contribution is 5.95. The van der Waals surface area contributed by atoms with Gasteiger partial charge in [-0.15, -0.1) is 0 Å². The van der Waals surface area contributed by atoms with E-state index in [4.69, 9.17) is 11.5 Å². The van der Waals surface area contributed by atoms with E-state index in [0.717, 1.165) is 18.8 Å². The third-order valence-corrected chi connectivity index (χ3v) is 4.55. The van der Waals surface area contributed by atoms with Crippen LogP contribution in [0.15, 0.2) is 35.8 Å². The van der Waals surface area contributed by atoms with E-state index in [0.29, 0.717) is 23.8 Å². The van der Waals surface area contributed by atoms with Gasteiger partial charge in [0, 0.05) is 24.3 Å². The molecule has 3 heterocycles. The van der Waals surface area contributed by atoms with E-state index in [2.05, 4.69) is 25.8 Å². The van der Waals surface area contributed by atoms with Crippen molar-refractivity contribution in [2.45, 2.75) is 12.3 Å². The second-order valence-corrected chi connectivity index (χ2v) is 6.10. The van der Waals surface area contributed by atoms with Crippen molar-refractivity contribution in [2.75, 3.05) is 24.7 Å². The first-order valence-corrected chi connectivity index (χ1v) is 7.75. The van der Waals surface area contributed by atoms with Gasteiger partial charge in [-0.25, -0.2) is 0 Å². The van der Waals surface area contributed by atoms with Crippen LogP contribution in [0.1, 0.15) is 10.4 Å². The van der Waals surface area contributed by atoms with E-state index < -0.39 is 12.2 Å². The van der Waals surface area contributed by atoms with Gasteiger partial charge in [0.25, 0.3) is 5.91 Å². The topological polar surface area (TPSA) is 129 Å². The van der Waals surface area contributed by atoms with Crippen LogP contribution in [0.25, 0.3) is 0 Å². The monoisotopic (exact) mass is 329 g/mol. The van der Waals surface area contributed by atoms with Crippen LogP contribution in [0.4, 0.5) is 5.69 Å². The molecule has 9 nitrogen and oxygen atoms in total. The molecule has 1 saturated heterocycles. The highest BCUT2D eigenvalue weighted by Crippen LogP contribution is 2.28. The fourth-order valence-corrected chi connectivity index (χ4v) is 3.37. The van der Waals surface area contributed by atoms with Gasteiger partial charge in [-0.1, -0.05) is 0 Å². The lowest BCUT2D eigenvalue weighted by Gasteiger charge is -2.39. The lowest BCUT2D eigenvalue weighted by molar-refractivity contribution is -0.121. The lowest BCUT2D eigenvalue weighted by Crippen LogP contribution is -2.63. The van der Waals surface area contributed by atoms with Gasteiger partial charge in [0.1, 0.15) is 11.5 Å². The van der Waals surface area contributed by atoms with Crippen molar-refractivity contribution in [3.8, 4) is 0 Å². The number of hydrogen-bond acceptors (Lipinski definition) is 7. The summed E-state index contributed by atoms with van der Waals surface area (Å²) >= 11 is 0. The fourth-order valence-electron chi connectivity index (χ4n) is 3.37. The van der Waals surface area contributed by atoms with E-state index in [-0.39, 0.29) is 11.9 Å². The van der Waals surface area contributed by atoms with Crippen LogP contribution in [0, 0.1) is 0 Å². The van der Waals surface area contributed by atoms with Crippen LogP contribution < -0.4 is 32.3 Å². The maximum absolute atomic E-state index is 12.3. The average molecular weight is 329 g/mol. The quantitative estimate of drug-likeness (QED) is 0.423. The van der Waals surface area contributed by atoms with Gasteiger partial charge >= 0.3 is 0 Å². The van der Waals surface area contributed by atoms with Crippen molar-refractivity contribution in [1.29, 1.82) is 0 Å². The summed E-state index contributed by atoms with van der Waals surface area (Å²) < 4.78 is 0. The molecule has 3 aliphatic heterocycles. The molecule has 24 heavy (non-hydrogen) atoms. The van der Waals surface area contributed by atoms with Gasteiger partial charge in [0.05, 0.1) is 12.7 Å². The number of rotatable bonds is 2. The zero-order valence-corrected chi connectivity index (χ0v) is 13.0. The standard InChI is InChI=1S/C15H19N7O2/c16-12(23)8-1-3-9(4-2-8)21-6-10-5-18-13-11(22(10)7-21)14(24)20-15(17)19-13/h1-4,10,15,18-19H,5-7,17H2,(H2,16,23)(H,20,24)/t10-,15?/m1/s1. The first-order chi connectivity index (χ1) is 11.5. The Kier molecular flexibility index (Phi) is 3.24. The number of primary amides is 1. The Morgan fingerprint density at radius 2 is 1.96 bits per heavy atom. The molecular formula is C15H19N7O2. The number of nitrogens with two attached hydrogens (primary N) is 2. The number of amides is 2. The molecule has 3 aliphatic rings. The van der Waals surface area contributed by atoms with Crippen molar-refractivity contribution in [1.82, 2.24) is 20.9 Å². The second-order valence-electron chi connectivity index (χ2n) is 6.10. The number of nitrogens with zero attached hydrogens (tertiary/aromatic N) is 2. The Bertz CT molecular complexity index is 730. The summed E-state index contributed by atoms with van der Waals surface area (Å²) in [6.45, 7) is 2.09. The molecule has 0 saturated carbocycles. The van der Waals surface area contributed by atoms with Crippen molar-refractivity contribution >= 4 is 17.5 Å². The molecule has 0 aromatic heterocycles. The number of benzene rings is 1. The summed E-state index contributed by atoms with van der Waals surface area (Å²) in [6, 6.07) is 7.35. The highest BCUT2D eigenvalue weighted by atomic mass is 16.2. The zero-order valence-electron chi connectivity index (χ0n) is 13.0. The Balaban J connectivity index is 1.58. The predicted octanol–water partition coefficient (Wildman–Crippen LogP) is -2.03. The Morgan fingerprint density at radius 3 is 2.67 bits per heavy atom. The van der Waals surface area contributed by atoms with Crippen LogP contribution in [-0.4, -0.2) is 48.8 Å². The van der Waals surface area contributed by atoms with Crippen LogP contribution >= 0.6 is 0 Å². The largest absolute Gasteiger partial charge is 0.368 e. The van der Waals surface area contributed by atoms with Crippen molar-refractivity contribution in [2.24, 2.45) is 11.5 Å². The van der Waals surface area contributed by atoms with Gasteiger partial charge in [0.2, 0.25) is 5.91 Å². The van der Waals surface area contributed by atoms with Crippen molar-refractivity contribution < 1.29 is 9.59 Å². The molecule has 0 spiro atoms. The summed E-state index contributed by atoms with van der Waals surface area (Å²) in [6.07, 6.45) is -0.583. The second kappa shape index (κ2) is 5.31. The van der Waals surface area contributed by atoms with E-state index in [9.17, 15) is 9.59 Å². The van der Waals surface area contributed by atoms with E-state index in [1.165, 1.54) is 0 Å². The molecule has 9 heteroatoms. The Hall–Kier alpha value is -2.94. The smallest absolute Gasteiger partial charge is 0.273 e. The number of fused-ring (bicyclic) bond motifs is 2. The van der Waals surface area contributed by atoms with Gasteiger partial charge < -0.3 is 31.5 Å². The molecule has 126 valence electrons. The maximum atomic E-state index is 12.3.